The Bertz CT molecular complexity index is 857. The Morgan fingerprint density at radius 1 is 0.632 bits per heavy atom. The van der Waals surface area contributed by atoms with Gasteiger partial charge in [-0.15, -0.1) is 0 Å². The minimum atomic E-state index is 1.17. The van der Waals surface area contributed by atoms with Crippen molar-refractivity contribution < 1.29 is 0 Å². The molecule has 0 fully saturated rings. The first-order valence-electron chi connectivity index (χ1n) is 6.48. The van der Waals surface area contributed by atoms with E-state index in [2.05, 4.69) is 71.7 Å². The first-order valence-corrected chi connectivity index (χ1v) is 6.48. The van der Waals surface area contributed by atoms with Crippen LogP contribution < -0.4 is 0 Å². The van der Waals surface area contributed by atoms with Crippen molar-refractivity contribution >= 4 is 21.7 Å². The second kappa shape index (κ2) is 3.99. The van der Waals surface area contributed by atoms with Crippen molar-refractivity contribution in [1.29, 1.82) is 0 Å². The molecule has 0 unspecified atom stereocenters. The number of aromatic nitrogens is 1. The molecule has 0 bridgehead atoms. The fourth-order valence-electron chi connectivity index (χ4n) is 2.65. The van der Waals surface area contributed by atoms with Gasteiger partial charge in [0, 0.05) is 16.5 Å². The Balaban J connectivity index is 2.04. The van der Waals surface area contributed by atoms with E-state index >= 15 is 0 Å². The van der Waals surface area contributed by atoms with Gasteiger partial charge in [0.1, 0.15) is 0 Å². The van der Waals surface area contributed by atoms with Crippen LogP contribution in [0.25, 0.3) is 32.9 Å². The molecule has 19 heavy (non-hydrogen) atoms. The second-order valence-corrected chi connectivity index (χ2v) is 4.80. The number of fused-ring (bicyclic) bond motifs is 3. The highest BCUT2D eigenvalue weighted by Gasteiger charge is 2.05. The van der Waals surface area contributed by atoms with Gasteiger partial charge < -0.3 is 4.98 Å². The van der Waals surface area contributed by atoms with E-state index in [1.165, 1.54) is 32.9 Å². The van der Waals surface area contributed by atoms with Gasteiger partial charge in [0.2, 0.25) is 0 Å². The number of H-pyrrole nitrogens is 1. The summed E-state index contributed by atoms with van der Waals surface area (Å²) in [6, 6.07) is 25.5. The van der Waals surface area contributed by atoms with Gasteiger partial charge in [-0.05, 0) is 17.0 Å². The van der Waals surface area contributed by atoms with Crippen LogP contribution in [-0.4, -0.2) is 4.98 Å². The average Bonchev–Trinajstić information content (AvgIpc) is 2.93. The summed E-state index contributed by atoms with van der Waals surface area (Å²) in [7, 11) is 0. The molecule has 0 aliphatic rings. The summed E-state index contributed by atoms with van der Waals surface area (Å²) < 4.78 is 0. The number of rotatable bonds is 1. The van der Waals surface area contributed by atoms with Gasteiger partial charge in [0.25, 0.3) is 0 Å². The number of hydrogen-bond donors (Lipinski definition) is 1. The number of hydrogen-bond acceptors (Lipinski definition) is 0. The first kappa shape index (κ1) is 10.4. The fraction of sp³-hybridized carbons (Fsp3) is 0. The highest BCUT2D eigenvalue weighted by atomic mass is 14.7. The maximum Gasteiger partial charge on any atom is 0.0538 e. The molecule has 0 spiro atoms. The molecule has 0 saturated carbocycles. The monoisotopic (exact) mass is 243 g/mol. The number of aromatic amines is 1. The minimum absolute atomic E-state index is 1.17. The molecule has 1 heterocycles. The van der Waals surface area contributed by atoms with E-state index in [0.29, 0.717) is 0 Å². The van der Waals surface area contributed by atoms with E-state index < -0.39 is 0 Å². The molecule has 3 aromatic carbocycles. The van der Waals surface area contributed by atoms with E-state index in [-0.39, 0.29) is 0 Å². The zero-order valence-corrected chi connectivity index (χ0v) is 10.4. The van der Waals surface area contributed by atoms with E-state index in [1.54, 1.807) is 0 Å². The SMILES string of the molecule is c1ccc(-c2cc3ccc4ccccc4c3[nH]2)cc1. The minimum Gasteiger partial charge on any atom is -0.354 e. The molecule has 0 atom stereocenters. The highest BCUT2D eigenvalue weighted by Crippen LogP contribution is 2.29. The molecule has 1 N–H and O–H groups in total. The predicted octanol–water partition coefficient (Wildman–Crippen LogP) is 4.99. The summed E-state index contributed by atoms with van der Waals surface area (Å²) in [6.07, 6.45) is 0. The molecule has 1 nitrogen and oxygen atoms in total. The predicted molar refractivity (Wildman–Crippen MR) is 81.2 cm³/mol. The van der Waals surface area contributed by atoms with Crippen molar-refractivity contribution in [2.24, 2.45) is 0 Å². The van der Waals surface area contributed by atoms with Crippen molar-refractivity contribution in [3.63, 3.8) is 0 Å². The lowest BCUT2D eigenvalue weighted by atomic mass is 10.1. The number of benzene rings is 3. The van der Waals surface area contributed by atoms with Gasteiger partial charge in [-0.25, -0.2) is 0 Å². The van der Waals surface area contributed by atoms with Gasteiger partial charge >= 0.3 is 0 Å². The van der Waals surface area contributed by atoms with Gasteiger partial charge in [-0.1, -0.05) is 66.7 Å². The van der Waals surface area contributed by atoms with Gasteiger partial charge in [-0.3, -0.25) is 0 Å². The number of nitrogens with one attached hydrogen (secondary N) is 1. The molecule has 1 heteroatoms. The molecule has 0 aliphatic carbocycles. The Hall–Kier alpha value is -2.54. The topological polar surface area (TPSA) is 15.8 Å². The second-order valence-electron chi connectivity index (χ2n) is 4.80. The van der Waals surface area contributed by atoms with Crippen LogP contribution in [0.15, 0.2) is 72.8 Å². The van der Waals surface area contributed by atoms with Crippen molar-refractivity contribution in [1.82, 2.24) is 4.98 Å². The standard InChI is InChI=1S/C18H13N/c1-2-7-14(8-3-1)17-12-15-11-10-13-6-4-5-9-16(13)18(15)19-17/h1-12,19H. The van der Waals surface area contributed by atoms with Crippen molar-refractivity contribution in [2.45, 2.75) is 0 Å². The van der Waals surface area contributed by atoms with Crippen LogP contribution in [0.2, 0.25) is 0 Å². The lowest BCUT2D eigenvalue weighted by Gasteiger charge is -1.98. The van der Waals surface area contributed by atoms with E-state index in [0.717, 1.165) is 0 Å². The van der Waals surface area contributed by atoms with Crippen molar-refractivity contribution in [3.8, 4) is 11.3 Å². The first-order chi connectivity index (χ1) is 9.42. The highest BCUT2D eigenvalue weighted by molar-refractivity contribution is 6.07. The molecule has 4 aromatic rings. The van der Waals surface area contributed by atoms with E-state index in [9.17, 15) is 0 Å². The summed E-state index contributed by atoms with van der Waals surface area (Å²) in [5, 5.41) is 3.82. The quantitative estimate of drug-likeness (QED) is 0.485. The molecule has 1 aromatic heterocycles. The molecular formula is C18H13N. The van der Waals surface area contributed by atoms with Crippen LogP contribution in [0, 0.1) is 0 Å². The zero-order valence-electron chi connectivity index (χ0n) is 10.4. The maximum absolute atomic E-state index is 3.55. The maximum atomic E-state index is 3.55. The third-order valence-corrected chi connectivity index (χ3v) is 3.61. The molecule has 0 radical (unpaired) electrons. The average molecular weight is 243 g/mol. The van der Waals surface area contributed by atoms with Crippen LogP contribution >= 0.6 is 0 Å². The van der Waals surface area contributed by atoms with E-state index in [4.69, 9.17) is 0 Å². The Labute approximate surface area is 111 Å². The molecule has 90 valence electrons. The summed E-state index contributed by atoms with van der Waals surface area (Å²) in [5.74, 6) is 0. The molecule has 0 aliphatic heterocycles. The van der Waals surface area contributed by atoms with Crippen LogP contribution in [0.3, 0.4) is 0 Å². The third kappa shape index (κ3) is 1.63. The summed E-state index contributed by atoms with van der Waals surface area (Å²) in [5.41, 5.74) is 3.62. The van der Waals surface area contributed by atoms with Crippen LogP contribution in [0.4, 0.5) is 0 Å². The summed E-state index contributed by atoms with van der Waals surface area (Å²) in [6.45, 7) is 0. The van der Waals surface area contributed by atoms with Gasteiger partial charge in [0.15, 0.2) is 0 Å². The van der Waals surface area contributed by atoms with Crippen molar-refractivity contribution in [3.05, 3.63) is 72.8 Å². The lowest BCUT2D eigenvalue weighted by molar-refractivity contribution is 1.46. The van der Waals surface area contributed by atoms with Crippen LogP contribution in [0.5, 0.6) is 0 Å². The normalized spacial score (nSPS) is 11.2. The van der Waals surface area contributed by atoms with Crippen LogP contribution in [0.1, 0.15) is 0 Å². The lowest BCUT2D eigenvalue weighted by Crippen LogP contribution is -1.76. The van der Waals surface area contributed by atoms with Crippen molar-refractivity contribution in [2.75, 3.05) is 0 Å². The van der Waals surface area contributed by atoms with Gasteiger partial charge in [0.05, 0.1) is 5.52 Å². The van der Waals surface area contributed by atoms with E-state index in [1.807, 2.05) is 6.07 Å². The summed E-state index contributed by atoms with van der Waals surface area (Å²) >= 11 is 0. The molecular weight excluding hydrogens is 230 g/mol. The Morgan fingerprint density at radius 3 is 2.26 bits per heavy atom. The van der Waals surface area contributed by atoms with Crippen LogP contribution in [-0.2, 0) is 0 Å². The largest absolute Gasteiger partial charge is 0.354 e. The third-order valence-electron chi connectivity index (χ3n) is 3.61. The molecule has 4 rings (SSSR count). The molecule has 0 saturated heterocycles. The smallest absolute Gasteiger partial charge is 0.0538 e. The fourth-order valence-corrected chi connectivity index (χ4v) is 2.65. The zero-order chi connectivity index (χ0) is 12.7. The van der Waals surface area contributed by atoms with Gasteiger partial charge in [-0.2, -0.15) is 0 Å². The Kier molecular flexibility index (Phi) is 2.18. The summed E-state index contributed by atoms with van der Waals surface area (Å²) in [4.78, 5) is 3.55. The molecule has 0 amide bonds. The Morgan fingerprint density at radius 2 is 1.37 bits per heavy atom.